The fourth-order valence-electron chi connectivity index (χ4n) is 2.74. The molecule has 0 bridgehead atoms. The zero-order chi connectivity index (χ0) is 16.8. The summed E-state index contributed by atoms with van der Waals surface area (Å²) in [5.41, 5.74) is 0. The Bertz CT molecular complexity index is 662. The molecule has 0 unspecified atom stereocenters. The minimum Gasteiger partial charge on any atom is -0.356 e. The van der Waals surface area contributed by atoms with Gasteiger partial charge in [0.25, 0.3) is 0 Å². The first-order valence-electron chi connectivity index (χ1n) is 8.17. The van der Waals surface area contributed by atoms with Crippen LogP contribution in [0.25, 0.3) is 0 Å². The van der Waals surface area contributed by atoms with E-state index in [1.807, 2.05) is 32.3 Å². The maximum atomic E-state index is 5.12. The van der Waals surface area contributed by atoms with Crippen LogP contribution in [-0.4, -0.2) is 65.8 Å². The fraction of sp³-hybridized carbons (Fsp3) is 0.500. The van der Waals surface area contributed by atoms with Crippen molar-refractivity contribution in [3.8, 4) is 0 Å². The second-order valence-corrected chi connectivity index (χ2v) is 5.62. The predicted octanol–water partition coefficient (Wildman–Crippen LogP) is 0.713. The second-order valence-electron chi connectivity index (χ2n) is 5.62. The maximum Gasteiger partial charge on any atom is 0.228 e. The largest absolute Gasteiger partial charge is 0.356 e. The molecule has 3 heterocycles. The first-order valence-corrected chi connectivity index (χ1v) is 8.17. The number of anilines is 1. The molecule has 8 heteroatoms. The summed E-state index contributed by atoms with van der Waals surface area (Å²) in [7, 11) is 1.81. The molecule has 1 saturated heterocycles. The molecular formula is C16H23N7O. The minimum absolute atomic E-state index is 0.649. The van der Waals surface area contributed by atoms with Crippen molar-refractivity contribution in [2.45, 2.75) is 13.3 Å². The number of hydrogen-bond acceptors (Lipinski definition) is 6. The third-order valence-corrected chi connectivity index (χ3v) is 3.96. The summed E-state index contributed by atoms with van der Waals surface area (Å²) in [6.07, 6.45) is 2.52. The molecule has 0 saturated carbocycles. The van der Waals surface area contributed by atoms with Crippen LogP contribution in [0.4, 0.5) is 5.82 Å². The number of nitrogens with one attached hydrogen (secondary N) is 1. The van der Waals surface area contributed by atoms with Gasteiger partial charge in [0, 0.05) is 52.4 Å². The molecular weight excluding hydrogens is 306 g/mol. The summed E-state index contributed by atoms with van der Waals surface area (Å²) in [4.78, 5) is 17.6. The van der Waals surface area contributed by atoms with Gasteiger partial charge in [0.15, 0.2) is 11.8 Å². The Balaban J connectivity index is 1.47. The monoisotopic (exact) mass is 329 g/mol. The molecule has 8 nitrogen and oxygen atoms in total. The average Bonchev–Trinajstić information content (AvgIpc) is 3.05. The van der Waals surface area contributed by atoms with E-state index in [1.54, 1.807) is 0 Å². The number of aryl methyl sites for hydroxylation is 1. The number of hydrogen-bond donors (Lipinski definition) is 1. The van der Waals surface area contributed by atoms with Crippen LogP contribution in [0.15, 0.2) is 33.9 Å². The molecule has 3 rings (SSSR count). The van der Waals surface area contributed by atoms with Crippen molar-refractivity contribution in [3.63, 3.8) is 0 Å². The Labute approximate surface area is 141 Å². The van der Waals surface area contributed by atoms with Crippen LogP contribution in [0.3, 0.4) is 0 Å². The molecule has 0 atom stereocenters. The third kappa shape index (κ3) is 4.01. The minimum atomic E-state index is 0.649. The summed E-state index contributed by atoms with van der Waals surface area (Å²) in [5, 5.41) is 7.16. The van der Waals surface area contributed by atoms with Gasteiger partial charge >= 0.3 is 0 Å². The lowest BCUT2D eigenvalue weighted by molar-refractivity contribution is 0.363. The lowest BCUT2D eigenvalue weighted by Crippen LogP contribution is -2.53. The molecule has 1 aliphatic heterocycles. The van der Waals surface area contributed by atoms with Gasteiger partial charge < -0.3 is 19.6 Å². The highest BCUT2D eigenvalue weighted by Gasteiger charge is 2.20. The summed E-state index contributed by atoms with van der Waals surface area (Å²) in [5.74, 6) is 3.26. The van der Waals surface area contributed by atoms with Crippen molar-refractivity contribution >= 4 is 11.8 Å². The van der Waals surface area contributed by atoms with E-state index < -0.39 is 0 Å². The van der Waals surface area contributed by atoms with E-state index in [0.717, 1.165) is 44.5 Å². The van der Waals surface area contributed by atoms with E-state index in [4.69, 9.17) is 4.52 Å². The lowest BCUT2D eigenvalue weighted by Gasteiger charge is -2.37. The number of pyridine rings is 1. The zero-order valence-electron chi connectivity index (χ0n) is 14.1. The molecule has 2 aromatic heterocycles. The van der Waals surface area contributed by atoms with Gasteiger partial charge in [-0.25, -0.2) is 4.98 Å². The van der Waals surface area contributed by atoms with Crippen molar-refractivity contribution < 1.29 is 4.52 Å². The van der Waals surface area contributed by atoms with Crippen molar-refractivity contribution in [2.75, 3.05) is 44.7 Å². The highest BCUT2D eigenvalue weighted by Crippen LogP contribution is 2.12. The summed E-state index contributed by atoms with van der Waals surface area (Å²) in [6, 6.07) is 6.01. The number of aliphatic imine (C=N–C) groups is 1. The molecule has 0 spiro atoms. The van der Waals surface area contributed by atoms with Crippen molar-refractivity contribution in [2.24, 2.45) is 4.99 Å². The molecule has 1 aliphatic rings. The van der Waals surface area contributed by atoms with Crippen LogP contribution in [0.5, 0.6) is 0 Å². The van der Waals surface area contributed by atoms with E-state index >= 15 is 0 Å². The molecule has 0 aromatic carbocycles. The predicted molar refractivity (Wildman–Crippen MR) is 92.1 cm³/mol. The van der Waals surface area contributed by atoms with Gasteiger partial charge in [0.2, 0.25) is 5.89 Å². The van der Waals surface area contributed by atoms with Gasteiger partial charge in [0.05, 0.1) is 0 Å². The standard InChI is InChI=1S/C16H23N7O/c1-13-20-15(24-21-13)6-8-19-16(17-2)23-11-9-22(10-12-23)14-5-3-4-7-18-14/h3-5,7H,6,8-12H2,1-2H3,(H,17,19). The lowest BCUT2D eigenvalue weighted by atomic mass is 10.3. The smallest absolute Gasteiger partial charge is 0.228 e. The van der Waals surface area contributed by atoms with Gasteiger partial charge in [-0.05, 0) is 19.1 Å². The van der Waals surface area contributed by atoms with E-state index in [9.17, 15) is 0 Å². The molecule has 1 fully saturated rings. The number of aromatic nitrogens is 3. The normalized spacial score (nSPS) is 15.7. The van der Waals surface area contributed by atoms with Crippen LogP contribution in [-0.2, 0) is 6.42 Å². The van der Waals surface area contributed by atoms with Crippen LogP contribution in [0.1, 0.15) is 11.7 Å². The van der Waals surface area contributed by atoms with Crippen LogP contribution < -0.4 is 10.2 Å². The van der Waals surface area contributed by atoms with Gasteiger partial charge in [-0.1, -0.05) is 11.2 Å². The van der Waals surface area contributed by atoms with Gasteiger partial charge in [-0.3, -0.25) is 4.99 Å². The van der Waals surface area contributed by atoms with Crippen LogP contribution >= 0.6 is 0 Å². The van der Waals surface area contributed by atoms with Gasteiger partial charge in [0.1, 0.15) is 5.82 Å². The molecule has 0 aliphatic carbocycles. The Kier molecular flexibility index (Phi) is 5.25. The van der Waals surface area contributed by atoms with Gasteiger partial charge in [-0.15, -0.1) is 0 Å². The van der Waals surface area contributed by atoms with E-state index in [-0.39, 0.29) is 0 Å². The Hall–Kier alpha value is -2.64. The quantitative estimate of drug-likeness (QED) is 0.653. The first-order chi connectivity index (χ1) is 11.8. The van der Waals surface area contributed by atoms with E-state index in [2.05, 4.69) is 41.3 Å². The first kappa shape index (κ1) is 16.2. The Morgan fingerprint density at radius 1 is 1.29 bits per heavy atom. The highest BCUT2D eigenvalue weighted by atomic mass is 16.5. The van der Waals surface area contributed by atoms with Crippen LogP contribution in [0, 0.1) is 6.92 Å². The molecule has 0 radical (unpaired) electrons. The maximum absolute atomic E-state index is 5.12. The summed E-state index contributed by atoms with van der Waals surface area (Å²) in [6.45, 7) is 6.22. The number of piperazine rings is 1. The molecule has 1 N–H and O–H groups in total. The topological polar surface area (TPSA) is 82.7 Å². The number of guanidine groups is 1. The average molecular weight is 329 g/mol. The Morgan fingerprint density at radius 3 is 2.75 bits per heavy atom. The molecule has 128 valence electrons. The number of nitrogens with zero attached hydrogens (tertiary/aromatic N) is 6. The van der Waals surface area contributed by atoms with E-state index in [1.165, 1.54) is 0 Å². The summed E-state index contributed by atoms with van der Waals surface area (Å²) >= 11 is 0. The van der Waals surface area contributed by atoms with E-state index in [0.29, 0.717) is 18.1 Å². The number of rotatable bonds is 4. The summed E-state index contributed by atoms with van der Waals surface area (Å²) < 4.78 is 5.12. The van der Waals surface area contributed by atoms with Crippen LogP contribution in [0.2, 0.25) is 0 Å². The van der Waals surface area contributed by atoms with Crippen molar-refractivity contribution in [1.82, 2.24) is 25.3 Å². The zero-order valence-corrected chi connectivity index (χ0v) is 14.1. The second kappa shape index (κ2) is 7.76. The van der Waals surface area contributed by atoms with Gasteiger partial charge in [-0.2, -0.15) is 4.98 Å². The third-order valence-electron chi connectivity index (χ3n) is 3.96. The Morgan fingerprint density at radius 2 is 2.12 bits per heavy atom. The fourth-order valence-corrected chi connectivity index (χ4v) is 2.74. The SMILES string of the molecule is CN=C(NCCc1nc(C)no1)N1CCN(c2ccccn2)CC1. The highest BCUT2D eigenvalue weighted by molar-refractivity contribution is 5.80. The molecule has 2 aromatic rings. The molecule has 24 heavy (non-hydrogen) atoms. The molecule has 0 amide bonds. The van der Waals surface area contributed by atoms with Crippen molar-refractivity contribution in [1.29, 1.82) is 0 Å². The van der Waals surface area contributed by atoms with Crippen molar-refractivity contribution in [3.05, 3.63) is 36.1 Å².